The Labute approximate surface area is 174 Å². The van der Waals surface area contributed by atoms with E-state index >= 15 is 0 Å². The lowest BCUT2D eigenvalue weighted by Gasteiger charge is -2.16. The summed E-state index contributed by atoms with van der Waals surface area (Å²) in [5.41, 5.74) is 2.14. The van der Waals surface area contributed by atoms with Crippen LogP contribution in [0.3, 0.4) is 0 Å². The molecule has 29 heavy (non-hydrogen) atoms. The first kappa shape index (κ1) is 22.7. The van der Waals surface area contributed by atoms with Crippen LogP contribution in [-0.4, -0.2) is 38.4 Å². The number of amides is 1. The molecule has 0 saturated heterocycles. The molecule has 2 rings (SSSR count). The summed E-state index contributed by atoms with van der Waals surface area (Å²) in [5, 5.41) is 9.45. The van der Waals surface area contributed by atoms with E-state index in [0.717, 1.165) is 42.9 Å². The number of carbonyl (C=O) groups is 1. The molecule has 2 aromatic rings. The molecule has 6 heteroatoms. The molecule has 1 unspecified atom stereocenters. The van der Waals surface area contributed by atoms with Crippen molar-refractivity contribution in [3.8, 4) is 5.75 Å². The van der Waals surface area contributed by atoms with Crippen LogP contribution < -0.4 is 20.7 Å². The topological polar surface area (TPSA) is 71.6 Å². The summed E-state index contributed by atoms with van der Waals surface area (Å²) in [7, 11) is 0. The predicted octanol–water partition coefficient (Wildman–Crippen LogP) is 3.47. The van der Waals surface area contributed by atoms with Crippen LogP contribution in [0.5, 0.6) is 5.75 Å². The zero-order valence-electron chi connectivity index (χ0n) is 17.4. The minimum Gasteiger partial charge on any atom is -0.490 e. The van der Waals surface area contributed by atoms with Gasteiger partial charge in [-0.05, 0) is 25.0 Å². The first-order chi connectivity index (χ1) is 14.2. The van der Waals surface area contributed by atoms with Crippen LogP contribution in [0.2, 0.25) is 0 Å². The molecule has 0 aliphatic heterocycles. The molecule has 0 aliphatic carbocycles. The van der Waals surface area contributed by atoms with Crippen molar-refractivity contribution >= 4 is 6.09 Å². The molecule has 3 N–H and O–H groups in total. The minimum absolute atomic E-state index is 0.213. The van der Waals surface area contributed by atoms with Gasteiger partial charge < -0.3 is 25.4 Å². The molecule has 0 aliphatic rings. The van der Waals surface area contributed by atoms with Gasteiger partial charge in [0.15, 0.2) is 0 Å². The molecular weight excluding hydrogens is 366 g/mol. The predicted molar refractivity (Wildman–Crippen MR) is 116 cm³/mol. The van der Waals surface area contributed by atoms with Crippen molar-refractivity contribution in [3.63, 3.8) is 0 Å². The molecule has 6 nitrogen and oxygen atoms in total. The highest BCUT2D eigenvalue weighted by Gasteiger charge is 2.06. The number of carbonyl (C=O) groups excluding carboxylic acids is 1. The Balaban J connectivity index is 1.51. The van der Waals surface area contributed by atoms with Crippen LogP contribution in [0.25, 0.3) is 0 Å². The van der Waals surface area contributed by atoms with Crippen molar-refractivity contribution in [2.45, 2.75) is 39.5 Å². The van der Waals surface area contributed by atoms with E-state index < -0.39 is 6.09 Å². The molecule has 0 saturated carbocycles. The summed E-state index contributed by atoms with van der Waals surface area (Å²) in [6.07, 6.45) is 0.802. The minimum atomic E-state index is -0.397. The fraction of sp³-hybridized carbons (Fsp3) is 0.435. The number of hydrogen-bond acceptors (Lipinski definition) is 5. The third-order valence-corrected chi connectivity index (χ3v) is 4.45. The van der Waals surface area contributed by atoms with Gasteiger partial charge in [-0.15, -0.1) is 0 Å². The molecule has 2 aromatic carbocycles. The third-order valence-electron chi connectivity index (χ3n) is 4.45. The summed E-state index contributed by atoms with van der Waals surface area (Å²) in [6.45, 7) is 8.11. The number of benzene rings is 2. The van der Waals surface area contributed by atoms with E-state index in [0.29, 0.717) is 13.1 Å². The lowest BCUT2D eigenvalue weighted by Crippen LogP contribution is -2.35. The third kappa shape index (κ3) is 9.45. The zero-order chi connectivity index (χ0) is 20.7. The van der Waals surface area contributed by atoms with Gasteiger partial charge in [0.2, 0.25) is 0 Å². The lowest BCUT2D eigenvalue weighted by molar-refractivity contribution is 0.139. The van der Waals surface area contributed by atoms with Crippen LogP contribution in [0, 0.1) is 0 Å². The number of ether oxygens (including phenoxy) is 2. The van der Waals surface area contributed by atoms with E-state index in [1.54, 1.807) is 0 Å². The summed E-state index contributed by atoms with van der Waals surface area (Å²) in [5.74, 6) is 0.945. The lowest BCUT2D eigenvalue weighted by atomic mass is 10.2. The zero-order valence-corrected chi connectivity index (χ0v) is 17.4. The van der Waals surface area contributed by atoms with Crippen LogP contribution in [0.1, 0.15) is 31.4 Å². The van der Waals surface area contributed by atoms with Crippen molar-refractivity contribution in [1.82, 2.24) is 16.0 Å². The first-order valence-electron chi connectivity index (χ1n) is 10.3. The fourth-order valence-corrected chi connectivity index (χ4v) is 2.62. The van der Waals surface area contributed by atoms with Gasteiger partial charge in [0.1, 0.15) is 12.4 Å². The summed E-state index contributed by atoms with van der Waals surface area (Å²) in [6, 6.07) is 17.8. The molecule has 0 heterocycles. The fourth-order valence-electron chi connectivity index (χ4n) is 2.62. The molecule has 0 spiro atoms. The second kappa shape index (κ2) is 13.6. The monoisotopic (exact) mass is 399 g/mol. The molecule has 1 amide bonds. The Kier molecular flexibility index (Phi) is 10.6. The molecule has 158 valence electrons. The van der Waals surface area contributed by atoms with Crippen molar-refractivity contribution in [1.29, 1.82) is 0 Å². The number of rotatable bonds is 13. The number of hydrogen-bond donors (Lipinski definition) is 3. The van der Waals surface area contributed by atoms with Gasteiger partial charge >= 0.3 is 6.09 Å². The molecule has 1 atom stereocenters. The number of para-hydroxylation sites is 1. The standard InChI is InChI=1S/C23H33N3O3/c1-3-19(2)29-22-12-8-7-11-21(22)17-25-14-13-24-15-16-26-23(27)28-18-20-9-5-4-6-10-20/h4-12,19,24-25H,3,13-18H2,1-2H3,(H,26,27). The Bertz CT molecular complexity index is 710. The Morgan fingerprint density at radius 1 is 0.931 bits per heavy atom. The van der Waals surface area contributed by atoms with Crippen molar-refractivity contribution in [3.05, 3.63) is 65.7 Å². The normalized spacial score (nSPS) is 11.7. The van der Waals surface area contributed by atoms with Gasteiger partial charge in [0.05, 0.1) is 6.10 Å². The van der Waals surface area contributed by atoms with E-state index in [-0.39, 0.29) is 12.7 Å². The van der Waals surface area contributed by atoms with E-state index in [2.05, 4.69) is 35.9 Å². The molecule has 0 bridgehead atoms. The average molecular weight is 400 g/mol. The van der Waals surface area contributed by atoms with Gasteiger partial charge in [0.25, 0.3) is 0 Å². The molecule has 0 aromatic heterocycles. The summed E-state index contributed by atoms with van der Waals surface area (Å²) in [4.78, 5) is 11.7. The van der Waals surface area contributed by atoms with E-state index in [1.807, 2.05) is 48.5 Å². The van der Waals surface area contributed by atoms with E-state index in [9.17, 15) is 4.79 Å². The Morgan fingerprint density at radius 3 is 2.41 bits per heavy atom. The second-order valence-electron chi connectivity index (χ2n) is 6.86. The highest BCUT2D eigenvalue weighted by Crippen LogP contribution is 2.19. The highest BCUT2D eigenvalue weighted by molar-refractivity contribution is 5.67. The molecule has 0 fully saturated rings. The average Bonchev–Trinajstić information content (AvgIpc) is 2.75. The van der Waals surface area contributed by atoms with Crippen LogP contribution >= 0.6 is 0 Å². The molecule has 0 radical (unpaired) electrons. The highest BCUT2D eigenvalue weighted by atomic mass is 16.5. The quantitative estimate of drug-likeness (QED) is 0.450. The van der Waals surface area contributed by atoms with Crippen molar-refractivity contribution < 1.29 is 14.3 Å². The largest absolute Gasteiger partial charge is 0.490 e. The summed E-state index contributed by atoms with van der Waals surface area (Å²) < 4.78 is 11.1. The Hall–Kier alpha value is -2.57. The van der Waals surface area contributed by atoms with Gasteiger partial charge in [-0.1, -0.05) is 55.5 Å². The van der Waals surface area contributed by atoms with Gasteiger partial charge in [-0.2, -0.15) is 0 Å². The van der Waals surface area contributed by atoms with E-state index in [1.165, 1.54) is 0 Å². The Morgan fingerprint density at radius 2 is 1.62 bits per heavy atom. The number of nitrogens with one attached hydrogen (secondary N) is 3. The number of alkyl carbamates (subject to hydrolysis) is 1. The first-order valence-corrected chi connectivity index (χ1v) is 10.3. The second-order valence-corrected chi connectivity index (χ2v) is 6.86. The summed E-state index contributed by atoms with van der Waals surface area (Å²) >= 11 is 0. The smallest absolute Gasteiger partial charge is 0.407 e. The van der Waals surface area contributed by atoms with E-state index in [4.69, 9.17) is 9.47 Å². The van der Waals surface area contributed by atoms with Crippen molar-refractivity contribution in [2.24, 2.45) is 0 Å². The van der Waals surface area contributed by atoms with Gasteiger partial charge in [-0.3, -0.25) is 0 Å². The maximum absolute atomic E-state index is 11.7. The maximum Gasteiger partial charge on any atom is 0.407 e. The van der Waals surface area contributed by atoms with Crippen molar-refractivity contribution in [2.75, 3.05) is 26.2 Å². The van der Waals surface area contributed by atoms with Gasteiger partial charge in [0, 0.05) is 38.3 Å². The SMILES string of the molecule is CCC(C)Oc1ccccc1CNCCNCCNC(=O)OCc1ccccc1. The molecular formula is C23H33N3O3. The van der Waals surface area contributed by atoms with Crippen LogP contribution in [0.4, 0.5) is 4.79 Å². The van der Waals surface area contributed by atoms with Crippen LogP contribution in [-0.2, 0) is 17.9 Å². The van der Waals surface area contributed by atoms with Crippen LogP contribution in [0.15, 0.2) is 54.6 Å². The van der Waals surface area contributed by atoms with Gasteiger partial charge in [-0.25, -0.2) is 4.79 Å². The maximum atomic E-state index is 11.7.